The van der Waals surface area contributed by atoms with E-state index in [9.17, 15) is 9.59 Å². The van der Waals surface area contributed by atoms with Gasteiger partial charge in [0.25, 0.3) is 0 Å². The maximum absolute atomic E-state index is 12.0. The van der Waals surface area contributed by atoms with Crippen LogP contribution in [-0.4, -0.2) is 45.3 Å². The Balaban J connectivity index is 1.93. The minimum absolute atomic E-state index is 0.251. The Bertz CT molecular complexity index is 476. The van der Waals surface area contributed by atoms with E-state index in [1.165, 1.54) is 16.2 Å². The number of urea groups is 1. The summed E-state index contributed by atoms with van der Waals surface area (Å²) in [5.74, 6) is -1.32. The molecule has 0 radical (unpaired) electrons. The molecule has 0 bridgehead atoms. The molecule has 1 saturated heterocycles. The van der Waals surface area contributed by atoms with Gasteiger partial charge in [0.1, 0.15) is 5.01 Å². The molecule has 2 amide bonds. The van der Waals surface area contributed by atoms with Crippen molar-refractivity contribution < 1.29 is 14.7 Å². The number of aliphatic carboxylic acids is 1. The van der Waals surface area contributed by atoms with Gasteiger partial charge in [-0.25, -0.2) is 4.79 Å². The molecule has 0 aromatic carbocycles. The van der Waals surface area contributed by atoms with Gasteiger partial charge >= 0.3 is 12.0 Å². The van der Waals surface area contributed by atoms with Gasteiger partial charge in [-0.2, -0.15) is 0 Å². The van der Waals surface area contributed by atoms with Crippen molar-refractivity contribution in [3.05, 3.63) is 5.01 Å². The summed E-state index contributed by atoms with van der Waals surface area (Å²) in [6.45, 7) is 2.80. The number of carbonyl (C=O) groups is 2. The average molecular weight is 284 g/mol. The van der Waals surface area contributed by atoms with Crippen LogP contribution in [0, 0.1) is 5.92 Å². The lowest BCUT2D eigenvalue weighted by Crippen LogP contribution is -2.44. The number of anilines is 1. The van der Waals surface area contributed by atoms with Crippen LogP contribution in [0.15, 0.2) is 0 Å². The zero-order chi connectivity index (χ0) is 13.8. The lowest BCUT2D eigenvalue weighted by molar-refractivity contribution is -0.143. The van der Waals surface area contributed by atoms with Gasteiger partial charge < -0.3 is 10.0 Å². The number of carbonyl (C=O) groups excluding carboxylic acids is 1. The number of carboxylic acids is 1. The Hall–Kier alpha value is -1.70. The number of hydrogen-bond acceptors (Lipinski definition) is 5. The standard InChI is InChI=1S/C11H16N4O3S/c1-2-8-13-14-10(19-8)12-11(18)15-5-3-4-7(6-15)9(16)17/h7H,2-6H2,1H3,(H,16,17)(H,12,14,18). The first kappa shape index (κ1) is 13.7. The van der Waals surface area contributed by atoms with Crippen LogP contribution < -0.4 is 5.32 Å². The molecular weight excluding hydrogens is 268 g/mol. The number of aromatic nitrogens is 2. The van der Waals surface area contributed by atoms with E-state index in [1.54, 1.807) is 0 Å². The molecule has 1 unspecified atom stereocenters. The fourth-order valence-electron chi connectivity index (χ4n) is 1.98. The van der Waals surface area contributed by atoms with Crippen molar-refractivity contribution in [2.45, 2.75) is 26.2 Å². The van der Waals surface area contributed by atoms with Gasteiger partial charge in [0.15, 0.2) is 0 Å². The Morgan fingerprint density at radius 2 is 2.32 bits per heavy atom. The van der Waals surface area contributed by atoms with Gasteiger partial charge in [-0.15, -0.1) is 10.2 Å². The Morgan fingerprint density at radius 1 is 1.53 bits per heavy atom. The summed E-state index contributed by atoms with van der Waals surface area (Å²) in [6, 6.07) is -0.301. The molecule has 1 aliphatic rings. The highest BCUT2D eigenvalue weighted by molar-refractivity contribution is 7.15. The normalized spacial score (nSPS) is 19.2. The number of likely N-dealkylation sites (tertiary alicyclic amines) is 1. The fraction of sp³-hybridized carbons (Fsp3) is 0.636. The van der Waals surface area contributed by atoms with E-state index in [0.717, 1.165) is 11.4 Å². The van der Waals surface area contributed by atoms with Crippen molar-refractivity contribution in [1.82, 2.24) is 15.1 Å². The second kappa shape index (κ2) is 5.96. The third-order valence-corrected chi connectivity index (χ3v) is 4.02. The summed E-state index contributed by atoms with van der Waals surface area (Å²) < 4.78 is 0. The molecule has 8 heteroatoms. The predicted molar refractivity (Wildman–Crippen MR) is 70.2 cm³/mol. The second-order valence-electron chi connectivity index (χ2n) is 4.41. The Labute approximate surface area is 114 Å². The summed E-state index contributed by atoms with van der Waals surface area (Å²) in [6.07, 6.45) is 2.11. The van der Waals surface area contributed by atoms with E-state index in [1.807, 2.05) is 6.92 Å². The topological polar surface area (TPSA) is 95.4 Å². The highest BCUT2D eigenvalue weighted by Gasteiger charge is 2.28. The minimum atomic E-state index is -0.846. The van der Waals surface area contributed by atoms with Crippen LogP contribution in [0.5, 0.6) is 0 Å². The summed E-state index contributed by atoms with van der Waals surface area (Å²) in [5.41, 5.74) is 0. The molecule has 1 fully saturated rings. The lowest BCUT2D eigenvalue weighted by Gasteiger charge is -2.30. The number of hydrogen-bond donors (Lipinski definition) is 2. The van der Waals surface area contributed by atoms with E-state index in [0.29, 0.717) is 24.5 Å². The molecule has 1 aliphatic heterocycles. The molecule has 2 N–H and O–H groups in total. The monoisotopic (exact) mass is 284 g/mol. The molecule has 0 spiro atoms. The van der Waals surface area contributed by atoms with E-state index in [-0.39, 0.29) is 12.6 Å². The molecule has 2 heterocycles. The van der Waals surface area contributed by atoms with Crippen molar-refractivity contribution in [2.24, 2.45) is 5.92 Å². The second-order valence-corrected chi connectivity index (χ2v) is 5.47. The van der Waals surface area contributed by atoms with Gasteiger partial charge in [-0.05, 0) is 19.3 Å². The van der Waals surface area contributed by atoms with Crippen LogP contribution in [-0.2, 0) is 11.2 Å². The number of carboxylic acid groups (broad SMARTS) is 1. The average Bonchev–Trinajstić information content (AvgIpc) is 2.86. The Morgan fingerprint density at radius 3 is 2.95 bits per heavy atom. The number of amides is 2. The predicted octanol–water partition coefficient (Wildman–Crippen LogP) is 1.43. The van der Waals surface area contributed by atoms with E-state index >= 15 is 0 Å². The van der Waals surface area contributed by atoms with Crippen molar-refractivity contribution in [3.63, 3.8) is 0 Å². The van der Waals surface area contributed by atoms with Gasteiger partial charge in [0.05, 0.1) is 5.92 Å². The number of rotatable bonds is 3. The van der Waals surface area contributed by atoms with Crippen LogP contribution in [0.25, 0.3) is 0 Å². The highest BCUT2D eigenvalue weighted by Crippen LogP contribution is 2.19. The summed E-state index contributed by atoms with van der Waals surface area (Å²) in [4.78, 5) is 24.5. The number of nitrogens with one attached hydrogen (secondary N) is 1. The fourth-order valence-corrected chi connectivity index (χ4v) is 2.65. The summed E-state index contributed by atoms with van der Waals surface area (Å²) >= 11 is 1.34. The zero-order valence-electron chi connectivity index (χ0n) is 10.6. The molecule has 7 nitrogen and oxygen atoms in total. The number of nitrogens with zero attached hydrogens (tertiary/aromatic N) is 3. The molecule has 1 aromatic rings. The van der Waals surface area contributed by atoms with Gasteiger partial charge in [-0.3, -0.25) is 10.1 Å². The van der Waals surface area contributed by atoms with Gasteiger partial charge in [-0.1, -0.05) is 18.3 Å². The first-order valence-electron chi connectivity index (χ1n) is 6.21. The first-order chi connectivity index (χ1) is 9.10. The number of piperidine rings is 1. The van der Waals surface area contributed by atoms with Crippen LogP contribution in [0.3, 0.4) is 0 Å². The molecule has 1 atom stereocenters. The first-order valence-corrected chi connectivity index (χ1v) is 7.03. The van der Waals surface area contributed by atoms with Crippen molar-refractivity contribution in [1.29, 1.82) is 0 Å². The maximum Gasteiger partial charge on any atom is 0.323 e. The van der Waals surface area contributed by atoms with Crippen LogP contribution in [0.1, 0.15) is 24.8 Å². The molecule has 19 heavy (non-hydrogen) atoms. The molecule has 1 aromatic heterocycles. The molecular formula is C11H16N4O3S. The van der Waals surface area contributed by atoms with Crippen molar-refractivity contribution in [2.75, 3.05) is 18.4 Å². The van der Waals surface area contributed by atoms with Crippen LogP contribution >= 0.6 is 11.3 Å². The zero-order valence-corrected chi connectivity index (χ0v) is 11.4. The largest absolute Gasteiger partial charge is 0.481 e. The third-order valence-electron chi connectivity index (χ3n) is 3.04. The smallest absolute Gasteiger partial charge is 0.323 e. The quantitative estimate of drug-likeness (QED) is 0.875. The molecule has 104 valence electrons. The molecule has 0 aliphatic carbocycles. The SMILES string of the molecule is CCc1nnc(NC(=O)N2CCCC(C(=O)O)C2)s1. The Kier molecular flexibility index (Phi) is 4.31. The molecule has 2 rings (SSSR count). The van der Waals surface area contributed by atoms with E-state index in [4.69, 9.17) is 5.11 Å². The highest BCUT2D eigenvalue weighted by atomic mass is 32.1. The molecule has 0 saturated carbocycles. The van der Waals surface area contributed by atoms with Crippen molar-refractivity contribution >= 4 is 28.5 Å². The number of aryl methyl sites for hydroxylation is 1. The minimum Gasteiger partial charge on any atom is -0.481 e. The van der Waals surface area contributed by atoms with Crippen LogP contribution in [0.2, 0.25) is 0 Å². The van der Waals surface area contributed by atoms with Crippen LogP contribution in [0.4, 0.5) is 9.93 Å². The van der Waals surface area contributed by atoms with Gasteiger partial charge in [0.2, 0.25) is 5.13 Å². The van der Waals surface area contributed by atoms with Gasteiger partial charge in [0, 0.05) is 13.1 Å². The third kappa shape index (κ3) is 3.40. The van der Waals surface area contributed by atoms with Crippen molar-refractivity contribution in [3.8, 4) is 0 Å². The summed E-state index contributed by atoms with van der Waals surface area (Å²) in [7, 11) is 0. The van der Waals surface area contributed by atoms with E-state index in [2.05, 4.69) is 15.5 Å². The lowest BCUT2D eigenvalue weighted by atomic mass is 9.99. The maximum atomic E-state index is 12.0. The summed E-state index contributed by atoms with van der Waals surface area (Å²) in [5, 5.41) is 20.8. The van der Waals surface area contributed by atoms with E-state index < -0.39 is 11.9 Å².